The van der Waals surface area contributed by atoms with E-state index in [1.807, 2.05) is 18.2 Å². The largest absolute Gasteiger partial charge is 0.379 e. The summed E-state index contributed by atoms with van der Waals surface area (Å²) in [6.07, 6.45) is 6.32. The second kappa shape index (κ2) is 9.41. The molecular weight excluding hydrogens is 380 g/mol. The zero-order valence-electron chi connectivity index (χ0n) is 15.6. The van der Waals surface area contributed by atoms with Crippen LogP contribution in [0.2, 0.25) is 5.02 Å². The lowest BCUT2D eigenvalue weighted by Gasteiger charge is -2.26. The van der Waals surface area contributed by atoms with Crippen molar-refractivity contribution in [2.24, 2.45) is 0 Å². The van der Waals surface area contributed by atoms with Gasteiger partial charge in [-0.1, -0.05) is 48.7 Å². The number of aromatic nitrogens is 3. The first-order valence-corrected chi connectivity index (χ1v) is 11.3. The summed E-state index contributed by atoms with van der Waals surface area (Å²) in [5, 5.41) is 10.9. The Morgan fingerprint density at radius 3 is 2.70 bits per heavy atom. The molecule has 1 aliphatic heterocycles. The minimum Gasteiger partial charge on any atom is -0.379 e. The predicted octanol–water partition coefficient (Wildman–Crippen LogP) is 4.39. The minimum absolute atomic E-state index is 0.499. The first-order chi connectivity index (χ1) is 13.3. The highest BCUT2D eigenvalue weighted by Gasteiger charge is 2.24. The van der Waals surface area contributed by atoms with E-state index in [0.717, 1.165) is 60.3 Å². The number of hydrogen-bond acceptors (Lipinski definition) is 5. The van der Waals surface area contributed by atoms with Gasteiger partial charge in [-0.3, -0.25) is 9.47 Å². The van der Waals surface area contributed by atoms with E-state index >= 15 is 0 Å². The Bertz CT molecular complexity index is 741. The molecule has 1 saturated heterocycles. The number of nitrogens with zero attached hydrogens (tertiary/aromatic N) is 4. The van der Waals surface area contributed by atoms with Gasteiger partial charge >= 0.3 is 0 Å². The molecule has 0 bridgehead atoms. The topological polar surface area (TPSA) is 43.2 Å². The van der Waals surface area contributed by atoms with Crippen LogP contribution in [0.1, 0.15) is 43.8 Å². The number of hydrogen-bond donors (Lipinski definition) is 0. The van der Waals surface area contributed by atoms with Gasteiger partial charge in [0.25, 0.3) is 0 Å². The molecule has 1 saturated carbocycles. The Balaban J connectivity index is 1.53. The van der Waals surface area contributed by atoms with Gasteiger partial charge in [0, 0.05) is 36.3 Å². The van der Waals surface area contributed by atoms with E-state index < -0.39 is 0 Å². The highest BCUT2D eigenvalue weighted by Crippen LogP contribution is 2.35. The van der Waals surface area contributed by atoms with Crippen LogP contribution in [0.4, 0.5) is 0 Å². The lowest BCUT2D eigenvalue weighted by atomic mass is 9.88. The zero-order chi connectivity index (χ0) is 18.5. The third-order valence-electron chi connectivity index (χ3n) is 5.44. The number of halogens is 1. The molecule has 27 heavy (non-hydrogen) atoms. The Hall–Kier alpha value is -1.08. The molecule has 1 aromatic carbocycles. The molecule has 0 N–H and O–H groups in total. The summed E-state index contributed by atoms with van der Waals surface area (Å²) in [5.74, 6) is 2.60. The van der Waals surface area contributed by atoms with Crippen molar-refractivity contribution < 1.29 is 4.74 Å². The monoisotopic (exact) mass is 406 g/mol. The first kappa shape index (κ1) is 19.2. The summed E-state index contributed by atoms with van der Waals surface area (Å²) in [7, 11) is 0. The fourth-order valence-corrected chi connectivity index (χ4v) is 5.09. The molecule has 2 aromatic rings. The Kier molecular flexibility index (Phi) is 6.71. The number of ether oxygens (including phenoxy) is 1. The van der Waals surface area contributed by atoms with Crippen molar-refractivity contribution in [2.45, 2.75) is 43.2 Å². The Morgan fingerprint density at radius 1 is 1.11 bits per heavy atom. The fraction of sp³-hybridized carbons (Fsp3) is 0.600. The fourth-order valence-electron chi connectivity index (χ4n) is 3.95. The lowest BCUT2D eigenvalue weighted by Crippen LogP contribution is -2.37. The van der Waals surface area contributed by atoms with Gasteiger partial charge in [-0.2, -0.15) is 0 Å². The minimum atomic E-state index is 0.499. The molecule has 4 rings (SSSR count). The number of morpholine rings is 1. The average molecular weight is 407 g/mol. The zero-order valence-corrected chi connectivity index (χ0v) is 17.2. The van der Waals surface area contributed by atoms with E-state index in [0.29, 0.717) is 5.92 Å². The predicted molar refractivity (Wildman–Crippen MR) is 110 cm³/mol. The number of thioether (sulfide) groups is 1. The maximum absolute atomic E-state index is 6.28. The van der Waals surface area contributed by atoms with Gasteiger partial charge < -0.3 is 4.74 Å². The molecule has 1 aromatic heterocycles. The van der Waals surface area contributed by atoms with Crippen LogP contribution >= 0.6 is 23.4 Å². The van der Waals surface area contributed by atoms with Gasteiger partial charge in [0.05, 0.1) is 18.9 Å². The van der Waals surface area contributed by atoms with Gasteiger partial charge in [-0.15, -0.1) is 10.2 Å². The molecule has 1 aliphatic carbocycles. The van der Waals surface area contributed by atoms with E-state index in [2.05, 4.69) is 25.7 Å². The van der Waals surface area contributed by atoms with E-state index in [9.17, 15) is 0 Å². The SMILES string of the molecule is Clc1cccc(-n2c(SCCN3CCOCC3)nnc2C2CCCCC2)c1. The van der Waals surface area contributed by atoms with Crippen LogP contribution in [0.15, 0.2) is 29.4 Å². The molecule has 7 heteroatoms. The Morgan fingerprint density at radius 2 is 1.93 bits per heavy atom. The van der Waals surface area contributed by atoms with Crippen LogP contribution in [-0.4, -0.2) is 58.3 Å². The van der Waals surface area contributed by atoms with Crippen molar-refractivity contribution in [3.8, 4) is 5.69 Å². The third kappa shape index (κ3) is 4.86. The van der Waals surface area contributed by atoms with Gasteiger partial charge in [0.1, 0.15) is 5.82 Å². The first-order valence-electron chi connectivity index (χ1n) is 9.95. The summed E-state index contributed by atoms with van der Waals surface area (Å²) in [6, 6.07) is 8.04. The highest BCUT2D eigenvalue weighted by molar-refractivity contribution is 7.99. The van der Waals surface area contributed by atoms with Crippen molar-refractivity contribution in [1.29, 1.82) is 0 Å². The Labute approximate surface area is 170 Å². The van der Waals surface area contributed by atoms with Crippen molar-refractivity contribution in [3.63, 3.8) is 0 Å². The molecule has 0 spiro atoms. The molecule has 0 atom stereocenters. The van der Waals surface area contributed by atoms with Gasteiger partial charge in [-0.25, -0.2) is 0 Å². The normalized spacial score (nSPS) is 19.4. The van der Waals surface area contributed by atoms with Gasteiger partial charge in [0.15, 0.2) is 5.16 Å². The maximum atomic E-state index is 6.28. The molecule has 0 unspecified atom stereocenters. The number of rotatable bonds is 6. The van der Waals surface area contributed by atoms with Gasteiger partial charge in [0.2, 0.25) is 0 Å². The molecule has 5 nitrogen and oxygen atoms in total. The highest BCUT2D eigenvalue weighted by atomic mass is 35.5. The van der Waals surface area contributed by atoms with Crippen LogP contribution in [0.25, 0.3) is 5.69 Å². The lowest BCUT2D eigenvalue weighted by molar-refractivity contribution is 0.0410. The van der Waals surface area contributed by atoms with Crippen LogP contribution in [0, 0.1) is 0 Å². The van der Waals surface area contributed by atoms with Crippen LogP contribution in [0.3, 0.4) is 0 Å². The van der Waals surface area contributed by atoms with Crippen LogP contribution in [-0.2, 0) is 4.74 Å². The molecule has 0 radical (unpaired) electrons. The van der Waals surface area contributed by atoms with Crippen LogP contribution in [0.5, 0.6) is 0 Å². The maximum Gasteiger partial charge on any atom is 0.195 e. The second-order valence-electron chi connectivity index (χ2n) is 7.29. The smallest absolute Gasteiger partial charge is 0.195 e. The van der Waals surface area contributed by atoms with Crippen molar-refractivity contribution in [2.75, 3.05) is 38.6 Å². The van der Waals surface area contributed by atoms with E-state index in [1.54, 1.807) is 11.8 Å². The molecule has 146 valence electrons. The number of benzene rings is 1. The summed E-state index contributed by atoms with van der Waals surface area (Å²) in [6.45, 7) is 4.78. The third-order valence-corrected chi connectivity index (χ3v) is 6.58. The molecular formula is C20H27ClN4OS. The summed E-state index contributed by atoms with van der Waals surface area (Å²) in [5.41, 5.74) is 1.07. The molecule has 2 fully saturated rings. The quantitative estimate of drug-likeness (QED) is 0.665. The molecule has 2 heterocycles. The van der Waals surface area contributed by atoms with Crippen molar-refractivity contribution in [1.82, 2.24) is 19.7 Å². The van der Waals surface area contributed by atoms with Crippen molar-refractivity contribution in [3.05, 3.63) is 35.1 Å². The molecule has 2 aliphatic rings. The summed E-state index contributed by atoms with van der Waals surface area (Å²) >= 11 is 8.07. The van der Waals surface area contributed by atoms with Crippen LogP contribution < -0.4 is 0 Å². The standard InChI is InChI=1S/C20H27ClN4OS/c21-17-7-4-8-18(15-17)25-19(16-5-2-1-3-6-16)22-23-20(25)27-14-11-24-9-12-26-13-10-24/h4,7-8,15-16H,1-3,5-6,9-14H2. The second-order valence-corrected chi connectivity index (χ2v) is 8.79. The van der Waals surface area contributed by atoms with Crippen molar-refractivity contribution >= 4 is 23.4 Å². The van der Waals surface area contributed by atoms with E-state index in [4.69, 9.17) is 16.3 Å². The van der Waals surface area contributed by atoms with Gasteiger partial charge in [-0.05, 0) is 31.0 Å². The summed E-state index contributed by atoms with van der Waals surface area (Å²) in [4.78, 5) is 2.46. The summed E-state index contributed by atoms with van der Waals surface area (Å²) < 4.78 is 7.68. The van der Waals surface area contributed by atoms with E-state index in [1.165, 1.54) is 32.1 Å². The molecule has 0 amide bonds. The average Bonchev–Trinajstić information content (AvgIpc) is 3.13. The van der Waals surface area contributed by atoms with E-state index in [-0.39, 0.29) is 0 Å².